The molecule has 130 valence electrons. The van der Waals surface area contributed by atoms with Crippen LogP contribution in [0.15, 0.2) is 73.1 Å². The highest BCUT2D eigenvalue weighted by molar-refractivity contribution is 6.04. The van der Waals surface area contributed by atoms with Crippen molar-refractivity contribution in [3.63, 3.8) is 0 Å². The summed E-state index contributed by atoms with van der Waals surface area (Å²) < 4.78 is 13.2. The molecule has 2 amide bonds. The third-order valence-electron chi connectivity index (χ3n) is 3.65. The van der Waals surface area contributed by atoms with Crippen molar-refractivity contribution in [2.24, 2.45) is 0 Å². The van der Waals surface area contributed by atoms with Crippen LogP contribution in [0.2, 0.25) is 0 Å². The number of nitrogens with one attached hydrogen (secondary N) is 2. The van der Waals surface area contributed by atoms with E-state index in [-0.39, 0.29) is 23.9 Å². The molecule has 0 saturated heterocycles. The number of pyridine rings is 1. The summed E-state index contributed by atoms with van der Waals surface area (Å²) in [6.07, 6.45) is 3.08. The van der Waals surface area contributed by atoms with Crippen molar-refractivity contribution in [2.75, 3.05) is 5.32 Å². The highest BCUT2D eigenvalue weighted by atomic mass is 19.1. The van der Waals surface area contributed by atoms with Crippen LogP contribution in [0, 0.1) is 5.82 Å². The fraction of sp³-hybridized carbons (Fsp3) is 0.0500. The molecular weight excluding hydrogens is 333 g/mol. The van der Waals surface area contributed by atoms with Gasteiger partial charge in [0, 0.05) is 30.2 Å². The van der Waals surface area contributed by atoms with Crippen LogP contribution in [0.5, 0.6) is 0 Å². The van der Waals surface area contributed by atoms with Crippen LogP contribution in [-0.2, 0) is 6.54 Å². The van der Waals surface area contributed by atoms with Crippen LogP contribution in [0.4, 0.5) is 10.1 Å². The van der Waals surface area contributed by atoms with E-state index in [1.165, 1.54) is 24.4 Å². The average Bonchev–Trinajstić information content (AvgIpc) is 2.67. The van der Waals surface area contributed by atoms with E-state index in [0.29, 0.717) is 11.3 Å². The van der Waals surface area contributed by atoms with Crippen molar-refractivity contribution in [2.45, 2.75) is 6.54 Å². The number of benzene rings is 2. The smallest absolute Gasteiger partial charge is 0.257 e. The van der Waals surface area contributed by atoms with Crippen LogP contribution in [0.1, 0.15) is 26.3 Å². The highest BCUT2D eigenvalue weighted by Gasteiger charge is 2.08. The van der Waals surface area contributed by atoms with Gasteiger partial charge >= 0.3 is 0 Å². The van der Waals surface area contributed by atoms with Gasteiger partial charge in [-0.25, -0.2) is 4.39 Å². The van der Waals surface area contributed by atoms with Crippen molar-refractivity contribution in [1.29, 1.82) is 0 Å². The molecule has 2 N–H and O–H groups in total. The summed E-state index contributed by atoms with van der Waals surface area (Å²) in [5.74, 6) is -1.09. The minimum Gasteiger partial charge on any atom is -0.348 e. The van der Waals surface area contributed by atoms with Crippen molar-refractivity contribution in [3.8, 4) is 0 Å². The second-order valence-corrected chi connectivity index (χ2v) is 5.59. The zero-order valence-electron chi connectivity index (χ0n) is 13.8. The maximum atomic E-state index is 13.2. The summed E-state index contributed by atoms with van der Waals surface area (Å²) in [6, 6.07) is 16.0. The zero-order valence-corrected chi connectivity index (χ0v) is 13.8. The van der Waals surface area contributed by atoms with Crippen molar-refractivity contribution < 1.29 is 14.0 Å². The summed E-state index contributed by atoms with van der Waals surface area (Å²) >= 11 is 0. The van der Waals surface area contributed by atoms with E-state index in [0.717, 1.165) is 5.56 Å². The Morgan fingerprint density at radius 3 is 2.50 bits per heavy atom. The summed E-state index contributed by atoms with van der Waals surface area (Å²) in [6.45, 7) is 0.256. The summed E-state index contributed by atoms with van der Waals surface area (Å²) in [5, 5.41) is 5.51. The van der Waals surface area contributed by atoms with Crippen molar-refractivity contribution >= 4 is 17.5 Å². The first kappa shape index (κ1) is 17.3. The van der Waals surface area contributed by atoms with Gasteiger partial charge in [-0.1, -0.05) is 18.2 Å². The molecule has 5 nitrogen and oxygen atoms in total. The number of amides is 2. The number of halogens is 1. The van der Waals surface area contributed by atoms with Gasteiger partial charge in [0.25, 0.3) is 11.8 Å². The van der Waals surface area contributed by atoms with Gasteiger partial charge < -0.3 is 10.6 Å². The SMILES string of the molecule is O=C(NCc1cccc(NC(=O)c2cccnc2)c1)c1cccc(F)c1. The first-order valence-electron chi connectivity index (χ1n) is 7.96. The molecule has 1 aromatic heterocycles. The Balaban J connectivity index is 1.62. The predicted molar refractivity (Wildman–Crippen MR) is 96.2 cm³/mol. The molecular formula is C20H16FN3O2. The van der Waals surface area contributed by atoms with Gasteiger partial charge in [-0.2, -0.15) is 0 Å². The monoisotopic (exact) mass is 349 g/mol. The number of carbonyl (C=O) groups is 2. The number of rotatable bonds is 5. The van der Waals surface area contributed by atoms with Crippen LogP contribution in [0.25, 0.3) is 0 Å². The zero-order chi connectivity index (χ0) is 18.4. The fourth-order valence-electron chi connectivity index (χ4n) is 2.37. The Labute approximate surface area is 149 Å². The van der Waals surface area contributed by atoms with Crippen LogP contribution >= 0.6 is 0 Å². The molecule has 6 heteroatoms. The molecule has 3 aromatic rings. The molecule has 0 spiro atoms. The number of carbonyl (C=O) groups excluding carboxylic acids is 2. The molecule has 0 atom stereocenters. The van der Waals surface area contributed by atoms with E-state index in [1.54, 1.807) is 42.6 Å². The maximum absolute atomic E-state index is 13.2. The number of anilines is 1. The van der Waals surface area contributed by atoms with Crippen LogP contribution in [0.3, 0.4) is 0 Å². The number of hydrogen-bond acceptors (Lipinski definition) is 3. The van der Waals surface area contributed by atoms with Crippen LogP contribution in [-0.4, -0.2) is 16.8 Å². The summed E-state index contributed by atoms with van der Waals surface area (Å²) in [7, 11) is 0. The Bertz CT molecular complexity index is 929. The van der Waals surface area contributed by atoms with Gasteiger partial charge in [-0.05, 0) is 48.0 Å². The Kier molecular flexibility index (Phi) is 5.34. The molecule has 0 bridgehead atoms. The molecule has 3 rings (SSSR count). The molecule has 0 aliphatic carbocycles. The molecule has 0 saturated carbocycles. The van der Waals surface area contributed by atoms with E-state index in [9.17, 15) is 14.0 Å². The van der Waals surface area contributed by atoms with E-state index < -0.39 is 5.82 Å². The lowest BCUT2D eigenvalue weighted by Crippen LogP contribution is -2.23. The standard InChI is InChI=1S/C20H16FN3O2/c21-17-7-2-5-15(11-17)19(25)23-12-14-4-1-8-18(10-14)24-20(26)16-6-3-9-22-13-16/h1-11,13H,12H2,(H,23,25)(H,24,26). The molecule has 26 heavy (non-hydrogen) atoms. The lowest BCUT2D eigenvalue weighted by Gasteiger charge is -2.09. The van der Waals surface area contributed by atoms with Crippen molar-refractivity contribution in [3.05, 3.63) is 95.6 Å². The van der Waals surface area contributed by atoms with E-state index in [4.69, 9.17) is 0 Å². The minimum atomic E-state index is -0.460. The Morgan fingerprint density at radius 1 is 0.923 bits per heavy atom. The van der Waals surface area contributed by atoms with Gasteiger partial charge in [0.2, 0.25) is 0 Å². The van der Waals surface area contributed by atoms with Crippen LogP contribution < -0.4 is 10.6 Å². The maximum Gasteiger partial charge on any atom is 0.257 e. The highest BCUT2D eigenvalue weighted by Crippen LogP contribution is 2.12. The molecule has 0 fully saturated rings. The quantitative estimate of drug-likeness (QED) is 0.742. The first-order chi connectivity index (χ1) is 12.6. The van der Waals surface area contributed by atoms with Gasteiger partial charge in [-0.15, -0.1) is 0 Å². The van der Waals surface area contributed by atoms with E-state index in [1.807, 2.05) is 6.07 Å². The summed E-state index contributed by atoms with van der Waals surface area (Å²) in [5.41, 5.74) is 2.12. The molecule has 0 aliphatic rings. The fourth-order valence-corrected chi connectivity index (χ4v) is 2.37. The minimum absolute atomic E-state index is 0.256. The second kappa shape index (κ2) is 8.02. The normalized spacial score (nSPS) is 10.2. The third kappa shape index (κ3) is 4.51. The Hall–Kier alpha value is -3.54. The number of hydrogen-bond donors (Lipinski definition) is 2. The molecule has 0 radical (unpaired) electrons. The molecule has 1 heterocycles. The summed E-state index contributed by atoms with van der Waals surface area (Å²) in [4.78, 5) is 28.1. The van der Waals surface area contributed by atoms with Gasteiger partial charge in [0.1, 0.15) is 5.82 Å². The lowest BCUT2D eigenvalue weighted by atomic mass is 10.1. The topological polar surface area (TPSA) is 71.1 Å². The second-order valence-electron chi connectivity index (χ2n) is 5.59. The van der Waals surface area contributed by atoms with Gasteiger partial charge in [0.15, 0.2) is 0 Å². The predicted octanol–water partition coefficient (Wildman–Crippen LogP) is 3.40. The third-order valence-corrected chi connectivity index (χ3v) is 3.65. The number of nitrogens with zero attached hydrogens (tertiary/aromatic N) is 1. The molecule has 2 aromatic carbocycles. The van der Waals surface area contributed by atoms with Crippen molar-refractivity contribution in [1.82, 2.24) is 10.3 Å². The molecule has 0 aliphatic heterocycles. The first-order valence-corrected chi connectivity index (χ1v) is 7.96. The lowest BCUT2D eigenvalue weighted by molar-refractivity contribution is 0.0949. The Morgan fingerprint density at radius 2 is 1.73 bits per heavy atom. The van der Waals surface area contributed by atoms with Gasteiger partial charge in [0.05, 0.1) is 5.56 Å². The van der Waals surface area contributed by atoms with E-state index in [2.05, 4.69) is 15.6 Å². The van der Waals surface area contributed by atoms with E-state index >= 15 is 0 Å². The average molecular weight is 349 g/mol. The largest absolute Gasteiger partial charge is 0.348 e. The number of aromatic nitrogens is 1. The molecule has 0 unspecified atom stereocenters. The van der Waals surface area contributed by atoms with Gasteiger partial charge in [-0.3, -0.25) is 14.6 Å².